The van der Waals surface area contributed by atoms with E-state index in [0.29, 0.717) is 17.1 Å². The monoisotopic (exact) mass is 408 g/mol. The smallest absolute Gasteiger partial charge is 0.270 e. The number of carbonyl (C=O) groups is 1. The van der Waals surface area contributed by atoms with E-state index in [1.54, 1.807) is 18.2 Å². The molecule has 1 N–H and O–H groups in total. The summed E-state index contributed by atoms with van der Waals surface area (Å²) in [4.78, 5) is 27.3. The predicted molar refractivity (Wildman–Crippen MR) is 105 cm³/mol. The van der Waals surface area contributed by atoms with Crippen molar-refractivity contribution >= 4 is 28.7 Å². The van der Waals surface area contributed by atoms with E-state index in [0.717, 1.165) is 29.5 Å². The first-order chi connectivity index (χ1) is 13.9. The maximum absolute atomic E-state index is 12.7. The molecule has 8 nitrogen and oxygen atoms in total. The van der Waals surface area contributed by atoms with Gasteiger partial charge in [0.1, 0.15) is 5.75 Å². The molecule has 4 rings (SSSR count). The third-order valence-corrected chi connectivity index (χ3v) is 4.61. The highest BCUT2D eigenvalue weighted by Crippen LogP contribution is 2.25. The fourth-order valence-corrected chi connectivity index (χ4v) is 3.04. The number of phenolic OH excluding ortho intramolecular Hbond substituents is 1. The molecule has 2 heterocycles. The summed E-state index contributed by atoms with van der Waals surface area (Å²) in [5.74, 6) is -0.931. The summed E-state index contributed by atoms with van der Waals surface area (Å²) in [6.45, 7) is 0. The van der Waals surface area contributed by atoms with Crippen LogP contribution in [0.4, 0.5) is 5.69 Å². The van der Waals surface area contributed by atoms with Gasteiger partial charge in [-0.1, -0.05) is 23.7 Å². The van der Waals surface area contributed by atoms with E-state index in [1.807, 2.05) is 12.1 Å². The molecule has 0 amide bonds. The molecular weight excluding hydrogens is 396 g/mol. The topological polar surface area (TPSA) is 111 Å². The van der Waals surface area contributed by atoms with Crippen LogP contribution in [0, 0.1) is 10.1 Å². The van der Waals surface area contributed by atoms with E-state index in [2.05, 4.69) is 10.1 Å². The summed E-state index contributed by atoms with van der Waals surface area (Å²) >= 11 is 5.90. The lowest BCUT2D eigenvalue weighted by Crippen LogP contribution is -2.06. The van der Waals surface area contributed by atoms with Crippen LogP contribution in [0.3, 0.4) is 0 Å². The highest BCUT2D eigenvalue weighted by molar-refractivity contribution is 6.30. The highest BCUT2D eigenvalue weighted by Gasteiger charge is 2.19. The molecule has 144 valence electrons. The highest BCUT2D eigenvalue weighted by atomic mass is 35.5. The number of nitro benzene ring substituents is 1. The molecule has 2 aromatic heterocycles. The minimum absolute atomic E-state index is 0.148. The van der Waals surface area contributed by atoms with Gasteiger partial charge in [0.15, 0.2) is 11.4 Å². The Hall–Kier alpha value is -3.78. The Balaban J connectivity index is 1.65. The molecule has 29 heavy (non-hydrogen) atoms. The first kappa shape index (κ1) is 18.6. The van der Waals surface area contributed by atoms with Gasteiger partial charge in [-0.25, -0.2) is 9.50 Å². The fourth-order valence-electron chi connectivity index (χ4n) is 2.92. The zero-order valence-electron chi connectivity index (χ0n) is 14.8. The molecular formula is C20H13ClN4O4. The van der Waals surface area contributed by atoms with Crippen molar-refractivity contribution in [2.75, 3.05) is 0 Å². The number of phenols is 1. The van der Waals surface area contributed by atoms with Gasteiger partial charge in [-0.15, -0.1) is 0 Å². The molecule has 4 aromatic rings. The Morgan fingerprint density at radius 1 is 1.17 bits per heavy atom. The predicted octanol–water partition coefficient (Wildman–Crippen LogP) is 3.82. The lowest BCUT2D eigenvalue weighted by Gasteiger charge is -2.04. The summed E-state index contributed by atoms with van der Waals surface area (Å²) < 4.78 is 1.47. The van der Waals surface area contributed by atoms with E-state index >= 15 is 0 Å². The Bertz CT molecular complexity index is 1250. The number of nitrogens with zero attached hydrogens (tertiary/aromatic N) is 4. The van der Waals surface area contributed by atoms with Gasteiger partial charge < -0.3 is 5.11 Å². The van der Waals surface area contributed by atoms with E-state index < -0.39 is 10.7 Å². The lowest BCUT2D eigenvalue weighted by atomic mass is 10.0. The average Bonchev–Trinajstić information content (AvgIpc) is 3.10. The third kappa shape index (κ3) is 3.78. The number of aromatic nitrogens is 3. The second-order valence-electron chi connectivity index (χ2n) is 6.37. The minimum Gasteiger partial charge on any atom is -0.507 e. The van der Waals surface area contributed by atoms with Crippen molar-refractivity contribution in [3.05, 3.63) is 98.4 Å². The molecule has 0 radical (unpaired) electrons. The molecule has 0 spiro atoms. The number of rotatable bonds is 5. The second kappa shape index (κ2) is 7.33. The molecule has 2 aromatic carbocycles. The van der Waals surface area contributed by atoms with Gasteiger partial charge in [-0.2, -0.15) is 5.10 Å². The van der Waals surface area contributed by atoms with Crippen LogP contribution in [-0.2, 0) is 6.42 Å². The van der Waals surface area contributed by atoms with Crippen molar-refractivity contribution in [3.63, 3.8) is 0 Å². The quantitative estimate of drug-likeness (QED) is 0.305. The molecule has 0 aliphatic carbocycles. The van der Waals surface area contributed by atoms with Gasteiger partial charge in [-0.05, 0) is 23.8 Å². The van der Waals surface area contributed by atoms with Gasteiger partial charge in [-0.3, -0.25) is 14.9 Å². The Kier molecular flexibility index (Phi) is 4.69. The zero-order valence-corrected chi connectivity index (χ0v) is 15.6. The van der Waals surface area contributed by atoms with Crippen LogP contribution in [0.2, 0.25) is 5.02 Å². The van der Waals surface area contributed by atoms with Gasteiger partial charge in [0, 0.05) is 42.0 Å². The molecule has 0 bridgehead atoms. The van der Waals surface area contributed by atoms with Crippen LogP contribution in [-0.4, -0.2) is 30.4 Å². The molecule has 0 fully saturated rings. The maximum Gasteiger partial charge on any atom is 0.270 e. The largest absolute Gasteiger partial charge is 0.507 e. The van der Waals surface area contributed by atoms with Crippen LogP contribution in [0.15, 0.2) is 60.9 Å². The summed E-state index contributed by atoms with van der Waals surface area (Å²) in [5.41, 5.74) is 2.01. The van der Waals surface area contributed by atoms with Gasteiger partial charge in [0.2, 0.25) is 0 Å². The summed E-state index contributed by atoms with van der Waals surface area (Å²) in [7, 11) is 0. The van der Waals surface area contributed by atoms with Crippen LogP contribution < -0.4 is 0 Å². The lowest BCUT2D eigenvalue weighted by molar-refractivity contribution is -0.384. The SMILES string of the molecule is O=C(c1cnc2cc(Cc3ccc(Cl)cc3)nn2c1)c1cc([N+](=O)[O-])ccc1O. The van der Waals surface area contributed by atoms with Crippen LogP contribution in [0.1, 0.15) is 27.2 Å². The van der Waals surface area contributed by atoms with Gasteiger partial charge >= 0.3 is 0 Å². The van der Waals surface area contributed by atoms with Crippen molar-refractivity contribution in [3.8, 4) is 5.75 Å². The molecule has 0 saturated carbocycles. The molecule has 0 saturated heterocycles. The molecule has 9 heteroatoms. The van der Waals surface area contributed by atoms with Crippen LogP contribution in [0.5, 0.6) is 5.75 Å². The average molecular weight is 409 g/mol. The van der Waals surface area contributed by atoms with Crippen molar-refractivity contribution in [2.24, 2.45) is 0 Å². The summed E-state index contributed by atoms with van der Waals surface area (Å²) in [6, 6.07) is 12.5. The van der Waals surface area contributed by atoms with E-state index in [1.165, 1.54) is 16.9 Å². The standard InChI is InChI=1S/C20H13ClN4O4/c21-14-3-1-12(2-4-14)7-15-8-19-22-10-13(11-24(19)23-15)20(27)17-9-16(25(28)29)5-6-18(17)26/h1-6,8-11,26H,7H2. The van der Waals surface area contributed by atoms with Crippen molar-refractivity contribution < 1.29 is 14.8 Å². The zero-order chi connectivity index (χ0) is 20.5. The molecule has 0 aliphatic rings. The third-order valence-electron chi connectivity index (χ3n) is 4.36. The van der Waals surface area contributed by atoms with E-state index in [4.69, 9.17) is 11.6 Å². The molecule has 0 unspecified atom stereocenters. The fraction of sp³-hybridized carbons (Fsp3) is 0.0500. The number of fused-ring (bicyclic) bond motifs is 1. The summed E-state index contributed by atoms with van der Waals surface area (Å²) in [5, 5.41) is 26.0. The maximum atomic E-state index is 12.7. The first-order valence-electron chi connectivity index (χ1n) is 8.51. The number of hydrogen-bond donors (Lipinski definition) is 1. The van der Waals surface area contributed by atoms with Gasteiger partial charge in [0.25, 0.3) is 5.69 Å². The number of nitro groups is 1. The summed E-state index contributed by atoms with van der Waals surface area (Å²) in [6.07, 6.45) is 3.40. The van der Waals surface area contributed by atoms with E-state index in [-0.39, 0.29) is 22.6 Å². The van der Waals surface area contributed by atoms with Gasteiger partial charge in [0.05, 0.1) is 21.7 Å². The van der Waals surface area contributed by atoms with Crippen LogP contribution >= 0.6 is 11.6 Å². The first-order valence-corrected chi connectivity index (χ1v) is 8.89. The number of ketones is 1. The van der Waals surface area contributed by atoms with E-state index in [9.17, 15) is 20.0 Å². The number of hydrogen-bond acceptors (Lipinski definition) is 6. The normalized spacial score (nSPS) is 10.9. The Morgan fingerprint density at radius 3 is 2.66 bits per heavy atom. The number of halogens is 1. The Labute approximate surface area is 169 Å². The van der Waals surface area contributed by atoms with Crippen molar-refractivity contribution in [2.45, 2.75) is 6.42 Å². The number of non-ortho nitro benzene ring substituents is 1. The van der Waals surface area contributed by atoms with Crippen molar-refractivity contribution in [1.82, 2.24) is 14.6 Å². The Morgan fingerprint density at radius 2 is 1.93 bits per heavy atom. The number of carbonyl (C=O) groups excluding carboxylic acids is 1. The van der Waals surface area contributed by atoms with Crippen molar-refractivity contribution in [1.29, 1.82) is 0 Å². The molecule has 0 atom stereocenters. The second-order valence-corrected chi connectivity index (χ2v) is 6.81. The number of benzene rings is 2. The molecule has 0 aliphatic heterocycles. The number of aromatic hydroxyl groups is 1. The van der Waals surface area contributed by atoms with Crippen LogP contribution in [0.25, 0.3) is 5.65 Å². The minimum atomic E-state index is -0.631.